The van der Waals surface area contributed by atoms with Crippen molar-refractivity contribution in [3.05, 3.63) is 71.0 Å². The molecule has 2 aromatic carbocycles. The average Bonchev–Trinajstić information content (AvgIpc) is 3.34. The van der Waals surface area contributed by atoms with E-state index in [0.717, 1.165) is 58.8 Å². The van der Waals surface area contributed by atoms with Gasteiger partial charge in [0.15, 0.2) is 0 Å². The molecule has 0 unspecified atom stereocenters. The summed E-state index contributed by atoms with van der Waals surface area (Å²) in [5.41, 5.74) is 5.18. The van der Waals surface area contributed by atoms with Crippen molar-refractivity contribution < 1.29 is 14.3 Å². The summed E-state index contributed by atoms with van der Waals surface area (Å²) in [5.74, 6) is 3.06. The molecule has 0 aliphatic heterocycles. The smallest absolute Gasteiger partial charge is 0.306 e. The first kappa shape index (κ1) is 28.7. The summed E-state index contributed by atoms with van der Waals surface area (Å²) in [7, 11) is 0. The number of nitrogens with zero attached hydrogens (tertiary/aromatic N) is 1. The Balaban J connectivity index is 1.19. The number of hydrogen-bond donors (Lipinski definition) is 2. The number of nitrogens with one attached hydrogen (secondary N) is 2. The van der Waals surface area contributed by atoms with Gasteiger partial charge in [-0.15, -0.1) is 0 Å². The van der Waals surface area contributed by atoms with E-state index in [4.69, 9.17) is 9.72 Å². The van der Waals surface area contributed by atoms with Crippen molar-refractivity contribution in [2.45, 2.75) is 97.5 Å². The number of aromatic nitrogens is 2. The lowest BCUT2D eigenvalue weighted by Crippen LogP contribution is -2.46. The first-order valence-corrected chi connectivity index (χ1v) is 15.8. The van der Waals surface area contributed by atoms with Crippen LogP contribution in [0.25, 0.3) is 11.4 Å². The third-order valence-electron chi connectivity index (χ3n) is 9.69. The number of carbonyl (C=O) groups is 2. The van der Waals surface area contributed by atoms with Crippen LogP contribution in [0.15, 0.2) is 48.5 Å². The number of esters is 1. The number of imidazole rings is 1. The van der Waals surface area contributed by atoms with E-state index in [1.807, 2.05) is 57.2 Å². The van der Waals surface area contributed by atoms with Crippen molar-refractivity contribution >= 4 is 17.6 Å². The van der Waals surface area contributed by atoms with Gasteiger partial charge in [0.1, 0.15) is 17.1 Å². The minimum atomic E-state index is -0.499. The summed E-state index contributed by atoms with van der Waals surface area (Å²) >= 11 is 0. The highest BCUT2D eigenvalue weighted by Crippen LogP contribution is 2.61. The molecular formula is C36H45N3O3. The number of amides is 1. The first-order valence-electron chi connectivity index (χ1n) is 15.8. The predicted octanol–water partition coefficient (Wildman–Crippen LogP) is 8.06. The van der Waals surface area contributed by atoms with Crippen LogP contribution in [0.5, 0.6) is 0 Å². The Hall–Kier alpha value is -3.41. The van der Waals surface area contributed by atoms with E-state index in [1.165, 1.54) is 38.5 Å². The zero-order valence-electron chi connectivity index (χ0n) is 25.6. The van der Waals surface area contributed by atoms with Gasteiger partial charge >= 0.3 is 5.97 Å². The second kappa shape index (κ2) is 11.3. The van der Waals surface area contributed by atoms with Gasteiger partial charge in [0, 0.05) is 23.4 Å². The molecule has 3 aromatic rings. The number of benzene rings is 2. The Morgan fingerprint density at radius 3 is 2.33 bits per heavy atom. The maximum Gasteiger partial charge on any atom is 0.306 e. The molecule has 6 heteroatoms. The molecule has 4 fully saturated rings. The topological polar surface area (TPSA) is 84.1 Å². The molecule has 0 saturated heterocycles. The van der Waals surface area contributed by atoms with Crippen molar-refractivity contribution in [3.63, 3.8) is 0 Å². The van der Waals surface area contributed by atoms with Crippen LogP contribution in [0.1, 0.15) is 99.4 Å². The molecule has 1 heterocycles. The number of H-pyrrole nitrogens is 1. The van der Waals surface area contributed by atoms with Crippen LogP contribution in [0, 0.1) is 30.1 Å². The van der Waals surface area contributed by atoms with E-state index in [1.54, 1.807) is 0 Å². The molecule has 2 N–H and O–H groups in total. The SMILES string of the molecule is Cc1ccccc1-c1nc(C(=O)Nc2cccc(CCC(=O)OC(C)(C)C)c2)c(CCC23CC4CC(CC(C4)C2)C3)[nH]1. The van der Waals surface area contributed by atoms with Crippen molar-refractivity contribution in [1.82, 2.24) is 9.97 Å². The van der Waals surface area contributed by atoms with Gasteiger partial charge in [0.2, 0.25) is 0 Å². The van der Waals surface area contributed by atoms with E-state index < -0.39 is 5.60 Å². The quantitative estimate of drug-likeness (QED) is 0.256. The first-order chi connectivity index (χ1) is 20.0. The van der Waals surface area contributed by atoms with Crippen LogP contribution in [0.2, 0.25) is 0 Å². The molecule has 1 amide bonds. The standard InChI is InChI=1S/C36H45N3O3/c1-23-8-5-6-11-29(23)33-38-30(14-15-36-20-25-16-26(21-36)18-27(17-25)22-36)32(39-33)34(41)37-28-10-7-9-24(19-28)12-13-31(40)42-35(2,3)4/h5-11,19,25-27H,12-18,20-22H2,1-4H3,(H,37,41)(H,38,39). The summed E-state index contributed by atoms with van der Waals surface area (Å²) in [5, 5.41) is 3.10. The minimum absolute atomic E-state index is 0.198. The molecule has 1 aromatic heterocycles. The van der Waals surface area contributed by atoms with Gasteiger partial charge in [0.05, 0.1) is 0 Å². The van der Waals surface area contributed by atoms with Crippen molar-refractivity contribution in [2.24, 2.45) is 23.2 Å². The highest BCUT2D eigenvalue weighted by atomic mass is 16.6. The van der Waals surface area contributed by atoms with Crippen LogP contribution < -0.4 is 5.32 Å². The fraction of sp³-hybridized carbons (Fsp3) is 0.528. The van der Waals surface area contributed by atoms with Crippen LogP contribution in [-0.4, -0.2) is 27.4 Å². The predicted molar refractivity (Wildman–Crippen MR) is 166 cm³/mol. The van der Waals surface area contributed by atoms with Gasteiger partial charge in [-0.3, -0.25) is 9.59 Å². The van der Waals surface area contributed by atoms with E-state index >= 15 is 0 Å². The molecule has 4 aliphatic carbocycles. The number of ether oxygens (including phenoxy) is 1. The van der Waals surface area contributed by atoms with Gasteiger partial charge in [-0.1, -0.05) is 36.4 Å². The van der Waals surface area contributed by atoms with Crippen LogP contribution in [0.4, 0.5) is 5.69 Å². The highest BCUT2D eigenvalue weighted by molar-refractivity contribution is 6.04. The second-order valence-corrected chi connectivity index (χ2v) is 14.4. The third kappa shape index (κ3) is 6.48. The Morgan fingerprint density at radius 2 is 1.67 bits per heavy atom. The number of aryl methyl sites for hydroxylation is 3. The van der Waals surface area contributed by atoms with Gasteiger partial charge < -0.3 is 15.0 Å². The molecule has 7 rings (SSSR count). The van der Waals surface area contributed by atoms with E-state index in [0.29, 0.717) is 29.6 Å². The molecule has 6 nitrogen and oxygen atoms in total. The Bertz CT molecular complexity index is 1430. The van der Waals surface area contributed by atoms with E-state index in [9.17, 15) is 9.59 Å². The summed E-state index contributed by atoms with van der Waals surface area (Å²) < 4.78 is 5.45. The summed E-state index contributed by atoms with van der Waals surface area (Å²) in [6, 6.07) is 15.9. The molecule has 4 aliphatic rings. The number of rotatable bonds is 9. The van der Waals surface area contributed by atoms with Crippen molar-refractivity contribution in [1.29, 1.82) is 0 Å². The van der Waals surface area contributed by atoms with Crippen molar-refractivity contribution in [2.75, 3.05) is 5.32 Å². The zero-order valence-corrected chi connectivity index (χ0v) is 25.6. The molecule has 42 heavy (non-hydrogen) atoms. The number of anilines is 1. The maximum atomic E-state index is 13.8. The lowest BCUT2D eigenvalue weighted by atomic mass is 9.48. The van der Waals surface area contributed by atoms with Crippen LogP contribution in [0.3, 0.4) is 0 Å². The molecule has 0 spiro atoms. The fourth-order valence-electron chi connectivity index (χ4n) is 8.36. The summed E-state index contributed by atoms with van der Waals surface area (Å²) in [4.78, 5) is 34.4. The number of carbonyl (C=O) groups excluding carboxylic acids is 2. The van der Waals surface area contributed by atoms with Gasteiger partial charge in [-0.2, -0.15) is 0 Å². The Morgan fingerprint density at radius 1 is 0.976 bits per heavy atom. The van der Waals surface area contributed by atoms with Crippen LogP contribution >= 0.6 is 0 Å². The van der Waals surface area contributed by atoms with Gasteiger partial charge in [-0.25, -0.2) is 4.98 Å². The molecule has 0 radical (unpaired) electrons. The van der Waals surface area contributed by atoms with Crippen LogP contribution in [-0.2, 0) is 22.4 Å². The molecule has 4 saturated carbocycles. The number of aromatic amines is 1. The summed E-state index contributed by atoms with van der Waals surface area (Å²) in [6.45, 7) is 7.70. The largest absolute Gasteiger partial charge is 0.460 e. The van der Waals surface area contributed by atoms with E-state index in [-0.39, 0.29) is 11.9 Å². The normalized spacial score (nSPS) is 24.5. The lowest BCUT2D eigenvalue weighted by Gasteiger charge is -2.57. The maximum absolute atomic E-state index is 13.8. The van der Waals surface area contributed by atoms with Gasteiger partial charge in [-0.05, 0) is 132 Å². The highest BCUT2D eigenvalue weighted by Gasteiger charge is 2.50. The number of hydrogen-bond acceptors (Lipinski definition) is 4. The minimum Gasteiger partial charge on any atom is -0.460 e. The Kier molecular flexibility index (Phi) is 7.75. The summed E-state index contributed by atoms with van der Waals surface area (Å²) in [6.07, 6.45) is 11.2. The molecule has 222 valence electrons. The van der Waals surface area contributed by atoms with E-state index in [2.05, 4.69) is 29.4 Å². The molecule has 0 atom stereocenters. The third-order valence-corrected chi connectivity index (χ3v) is 9.69. The average molecular weight is 568 g/mol. The monoisotopic (exact) mass is 567 g/mol. The molecular weight excluding hydrogens is 522 g/mol. The zero-order chi connectivity index (χ0) is 29.5. The van der Waals surface area contributed by atoms with Crippen molar-refractivity contribution in [3.8, 4) is 11.4 Å². The molecule has 4 bridgehead atoms. The van der Waals surface area contributed by atoms with Gasteiger partial charge in [0.25, 0.3) is 5.91 Å². The Labute approximate surface area is 250 Å². The lowest BCUT2D eigenvalue weighted by molar-refractivity contribution is -0.154. The fourth-order valence-corrected chi connectivity index (χ4v) is 8.36. The second-order valence-electron chi connectivity index (χ2n) is 14.4.